The molecule has 0 fully saturated rings. The topological polar surface area (TPSA) is 43.1 Å². The molecule has 0 aliphatic carbocycles. The zero-order valence-corrected chi connectivity index (χ0v) is 9.80. The van der Waals surface area contributed by atoms with E-state index < -0.39 is 0 Å². The fourth-order valence-electron chi connectivity index (χ4n) is 0.990. The van der Waals surface area contributed by atoms with Crippen LogP contribution in [-0.2, 0) is 0 Å². The second-order valence-electron chi connectivity index (χ2n) is 2.59. The largest absolute Gasteiger partial charge is 0.398 e. The molecule has 4 heteroatoms. The minimum atomic E-state index is 0.0504. The van der Waals surface area contributed by atoms with Crippen LogP contribution in [-0.4, -0.2) is 10.2 Å². The number of hydrogen-bond donors (Lipinski definition) is 1. The smallest absolute Gasteiger partial charge is 0.165 e. The second kappa shape index (κ2) is 4.81. The van der Waals surface area contributed by atoms with Crippen molar-refractivity contribution in [3.8, 4) is 0 Å². The zero-order chi connectivity index (χ0) is 9.84. The van der Waals surface area contributed by atoms with Gasteiger partial charge in [0.1, 0.15) is 0 Å². The first-order valence-corrected chi connectivity index (χ1v) is 5.69. The van der Waals surface area contributed by atoms with E-state index in [1.165, 1.54) is 0 Å². The molecule has 0 radical (unpaired) electrons. The normalized spacial score (nSPS) is 10.0. The first kappa shape index (κ1) is 10.8. The van der Waals surface area contributed by atoms with Crippen LogP contribution in [0.15, 0.2) is 18.2 Å². The van der Waals surface area contributed by atoms with Gasteiger partial charge in [-0.15, -0.1) is 0 Å². The lowest BCUT2D eigenvalue weighted by Gasteiger charge is -2.03. The molecule has 2 nitrogen and oxygen atoms in total. The number of rotatable bonds is 3. The molecule has 70 valence electrons. The summed E-state index contributed by atoms with van der Waals surface area (Å²) in [7, 11) is 0. The Morgan fingerprint density at radius 1 is 1.54 bits per heavy atom. The van der Waals surface area contributed by atoms with Gasteiger partial charge < -0.3 is 5.73 Å². The third kappa shape index (κ3) is 2.84. The number of nitrogen functional groups attached to an aromatic ring is 1. The van der Waals surface area contributed by atoms with Crippen molar-refractivity contribution in [2.75, 3.05) is 10.2 Å². The van der Waals surface area contributed by atoms with Gasteiger partial charge in [0.2, 0.25) is 0 Å². The summed E-state index contributed by atoms with van der Waals surface area (Å²) in [6, 6.07) is 4.95. The molecular formula is C9H9ClINO. The molecule has 0 spiro atoms. The van der Waals surface area contributed by atoms with E-state index in [4.69, 9.17) is 17.3 Å². The third-order valence-corrected chi connectivity index (χ3v) is 2.41. The minimum absolute atomic E-state index is 0.0504. The summed E-state index contributed by atoms with van der Waals surface area (Å²) in [5.41, 5.74) is 6.67. The molecule has 0 saturated heterocycles. The van der Waals surface area contributed by atoms with Gasteiger partial charge in [0.15, 0.2) is 5.78 Å². The van der Waals surface area contributed by atoms with E-state index in [9.17, 15) is 4.79 Å². The number of anilines is 1. The molecule has 0 aromatic heterocycles. The van der Waals surface area contributed by atoms with Crippen LogP contribution in [0.2, 0.25) is 5.02 Å². The van der Waals surface area contributed by atoms with Gasteiger partial charge in [0.05, 0.1) is 0 Å². The van der Waals surface area contributed by atoms with Gasteiger partial charge in [-0.25, -0.2) is 0 Å². The zero-order valence-electron chi connectivity index (χ0n) is 6.89. The highest BCUT2D eigenvalue weighted by Gasteiger charge is 2.08. The number of nitrogens with two attached hydrogens (primary N) is 1. The Balaban J connectivity index is 2.99. The van der Waals surface area contributed by atoms with Crippen LogP contribution in [0.3, 0.4) is 0 Å². The summed E-state index contributed by atoms with van der Waals surface area (Å²) in [4.78, 5) is 11.5. The third-order valence-electron chi connectivity index (χ3n) is 1.64. The number of carbonyl (C=O) groups is 1. The summed E-state index contributed by atoms with van der Waals surface area (Å²) in [6.45, 7) is 0. The van der Waals surface area contributed by atoms with E-state index >= 15 is 0 Å². The van der Waals surface area contributed by atoms with Crippen molar-refractivity contribution < 1.29 is 4.79 Å². The highest BCUT2D eigenvalue weighted by molar-refractivity contribution is 14.1. The van der Waals surface area contributed by atoms with E-state index in [1.54, 1.807) is 18.2 Å². The van der Waals surface area contributed by atoms with Gasteiger partial charge in [0, 0.05) is 27.1 Å². The molecule has 0 aliphatic rings. The van der Waals surface area contributed by atoms with Crippen molar-refractivity contribution in [3.05, 3.63) is 28.8 Å². The Morgan fingerprint density at radius 3 is 2.85 bits per heavy atom. The number of halogens is 2. The van der Waals surface area contributed by atoms with Crippen molar-refractivity contribution in [2.45, 2.75) is 6.42 Å². The number of ketones is 1. The Kier molecular flexibility index (Phi) is 3.99. The maximum absolute atomic E-state index is 11.5. The number of carbonyl (C=O) groups excluding carboxylic acids is 1. The number of benzene rings is 1. The van der Waals surface area contributed by atoms with E-state index in [1.807, 2.05) is 0 Å². The Labute approximate surface area is 95.6 Å². The maximum Gasteiger partial charge on any atom is 0.165 e. The van der Waals surface area contributed by atoms with Gasteiger partial charge in [-0.2, -0.15) is 0 Å². The molecular weight excluding hydrogens is 300 g/mol. The lowest BCUT2D eigenvalue weighted by Crippen LogP contribution is -2.03. The summed E-state index contributed by atoms with van der Waals surface area (Å²) >= 11 is 7.91. The van der Waals surface area contributed by atoms with Crippen LogP contribution < -0.4 is 5.73 Å². The summed E-state index contributed by atoms with van der Waals surface area (Å²) in [6.07, 6.45) is 0.505. The quantitative estimate of drug-likeness (QED) is 0.404. The molecule has 0 heterocycles. The molecule has 0 saturated carbocycles. The van der Waals surface area contributed by atoms with Crippen LogP contribution in [0, 0.1) is 0 Å². The van der Waals surface area contributed by atoms with Gasteiger partial charge in [-0.3, -0.25) is 4.79 Å². The maximum atomic E-state index is 11.5. The number of Topliss-reactive ketones (excluding diaryl/α,β-unsaturated/α-hetero) is 1. The molecule has 1 rings (SSSR count). The second-order valence-corrected chi connectivity index (χ2v) is 4.11. The van der Waals surface area contributed by atoms with Crippen LogP contribution in [0.1, 0.15) is 16.8 Å². The van der Waals surface area contributed by atoms with Crippen LogP contribution >= 0.6 is 34.2 Å². The molecule has 0 aliphatic heterocycles. The fourth-order valence-corrected chi connectivity index (χ4v) is 1.65. The van der Waals surface area contributed by atoms with Gasteiger partial charge >= 0.3 is 0 Å². The first-order valence-electron chi connectivity index (χ1n) is 3.79. The van der Waals surface area contributed by atoms with Crippen LogP contribution in [0.25, 0.3) is 0 Å². The van der Waals surface area contributed by atoms with Gasteiger partial charge in [0.25, 0.3) is 0 Å². The van der Waals surface area contributed by atoms with Crippen LogP contribution in [0.5, 0.6) is 0 Å². The van der Waals surface area contributed by atoms with Crippen molar-refractivity contribution in [1.82, 2.24) is 0 Å². The highest BCUT2D eigenvalue weighted by atomic mass is 127. The number of hydrogen-bond acceptors (Lipinski definition) is 2. The SMILES string of the molecule is Nc1ccc(Cl)cc1C(=O)CCI. The average molecular weight is 310 g/mol. The molecule has 2 N–H and O–H groups in total. The van der Waals surface area contributed by atoms with Gasteiger partial charge in [-0.1, -0.05) is 34.2 Å². The highest BCUT2D eigenvalue weighted by Crippen LogP contribution is 2.19. The Morgan fingerprint density at radius 2 is 2.23 bits per heavy atom. The summed E-state index contributed by atoms with van der Waals surface area (Å²) in [5, 5.41) is 0.547. The number of alkyl halides is 1. The molecule has 0 atom stereocenters. The van der Waals surface area contributed by atoms with Crippen molar-refractivity contribution >= 4 is 45.7 Å². The predicted molar refractivity (Wildman–Crippen MR) is 63.7 cm³/mol. The lowest BCUT2D eigenvalue weighted by atomic mass is 10.1. The first-order chi connectivity index (χ1) is 6.15. The van der Waals surface area contributed by atoms with E-state index in [2.05, 4.69) is 22.6 Å². The van der Waals surface area contributed by atoms with Gasteiger partial charge in [-0.05, 0) is 18.2 Å². The summed E-state index contributed by atoms with van der Waals surface area (Å²) in [5.74, 6) is 0.0504. The molecule has 1 aromatic carbocycles. The standard InChI is InChI=1S/C9H9ClINO/c10-6-1-2-8(12)7(5-6)9(13)3-4-11/h1-2,5H,3-4,12H2. The monoisotopic (exact) mass is 309 g/mol. The van der Waals surface area contributed by atoms with Crippen molar-refractivity contribution in [3.63, 3.8) is 0 Å². The molecule has 0 unspecified atom stereocenters. The average Bonchev–Trinajstić information content (AvgIpc) is 2.09. The predicted octanol–water partition coefficient (Wildman–Crippen LogP) is 2.93. The Hall–Kier alpha value is -0.290. The Bertz CT molecular complexity index is 327. The van der Waals surface area contributed by atoms with Crippen LogP contribution in [0.4, 0.5) is 5.69 Å². The van der Waals surface area contributed by atoms with E-state index in [0.29, 0.717) is 22.7 Å². The molecule has 0 amide bonds. The lowest BCUT2D eigenvalue weighted by molar-refractivity contribution is 0.0991. The molecule has 1 aromatic rings. The van der Waals surface area contributed by atoms with E-state index in [-0.39, 0.29) is 5.78 Å². The summed E-state index contributed by atoms with van der Waals surface area (Å²) < 4.78 is 0.794. The van der Waals surface area contributed by atoms with E-state index in [0.717, 1.165) is 4.43 Å². The van der Waals surface area contributed by atoms with Crippen molar-refractivity contribution in [1.29, 1.82) is 0 Å². The fraction of sp³-hybridized carbons (Fsp3) is 0.222. The minimum Gasteiger partial charge on any atom is -0.398 e. The van der Waals surface area contributed by atoms with Crippen molar-refractivity contribution in [2.24, 2.45) is 0 Å². The molecule has 0 bridgehead atoms. The molecule has 13 heavy (non-hydrogen) atoms.